The number of benzene rings is 4. The Morgan fingerprint density at radius 3 is 1.45 bits per heavy atom. The van der Waals surface area contributed by atoms with Gasteiger partial charge in [-0.15, -0.1) is 0 Å². The van der Waals surface area contributed by atoms with Crippen molar-refractivity contribution in [1.29, 1.82) is 0 Å². The molecule has 11 nitrogen and oxygen atoms in total. The minimum absolute atomic E-state index is 0.0332. The van der Waals surface area contributed by atoms with Crippen LogP contribution in [0.25, 0.3) is 0 Å². The quantitative estimate of drug-likeness (QED) is 0.0284. The number of aliphatic hydroxyl groups excluding tert-OH is 2. The van der Waals surface area contributed by atoms with Crippen molar-refractivity contribution >= 4 is 79.7 Å². The fourth-order valence-corrected chi connectivity index (χ4v) is 6.06. The number of carbonyl (C=O) groups excluding carboxylic acids is 2. The first kappa shape index (κ1) is 46.6. The predicted molar refractivity (Wildman–Crippen MR) is 213 cm³/mol. The summed E-state index contributed by atoms with van der Waals surface area (Å²) in [7, 11) is 1.37. The normalized spacial score (nSPS) is 12.0. The number of nitrogens with one attached hydrogen (secondary N) is 4. The molecule has 4 rings (SSSR count). The van der Waals surface area contributed by atoms with Crippen molar-refractivity contribution in [3.8, 4) is 0 Å². The van der Waals surface area contributed by atoms with Gasteiger partial charge in [0.1, 0.15) is 19.3 Å². The minimum atomic E-state index is -1.71. The number of amides is 2. The summed E-state index contributed by atoms with van der Waals surface area (Å²) in [6.45, 7) is 4.82. The van der Waals surface area contributed by atoms with Crippen molar-refractivity contribution in [3.63, 3.8) is 0 Å². The maximum Gasteiger partial charge on any atom is 0.277 e. The van der Waals surface area contributed by atoms with Gasteiger partial charge in [0.25, 0.3) is 11.8 Å². The zero-order chi connectivity index (χ0) is 41.7. The second-order valence-electron chi connectivity index (χ2n) is 12.0. The van der Waals surface area contributed by atoms with Crippen LogP contribution in [0.15, 0.2) is 48.5 Å². The Hall–Kier alpha value is -3.74. The van der Waals surface area contributed by atoms with E-state index in [1.54, 1.807) is 50.2 Å². The van der Waals surface area contributed by atoms with E-state index in [4.69, 9.17) is 14.4 Å². The van der Waals surface area contributed by atoms with Crippen LogP contribution in [-0.2, 0) is 14.4 Å². The van der Waals surface area contributed by atoms with Crippen LogP contribution in [0.1, 0.15) is 51.6 Å². The van der Waals surface area contributed by atoms with Crippen LogP contribution in [0.4, 0.5) is 49.1 Å². The van der Waals surface area contributed by atoms with Gasteiger partial charge in [0.05, 0.1) is 35.2 Å². The molecule has 0 radical (unpaired) electrons. The number of hydrogen-bond acceptors (Lipinski definition) is 9. The summed E-state index contributed by atoms with van der Waals surface area (Å²) >= 11 is 4.19. The summed E-state index contributed by atoms with van der Waals surface area (Å²) in [5, 5.41) is 24.4. The van der Waals surface area contributed by atoms with Gasteiger partial charge >= 0.3 is 0 Å². The molecule has 0 saturated carbocycles. The highest BCUT2D eigenvalue weighted by molar-refractivity contribution is 14.1. The van der Waals surface area contributed by atoms with Crippen LogP contribution in [-0.4, -0.2) is 61.2 Å². The molecule has 0 aromatic heterocycles. The van der Waals surface area contributed by atoms with Gasteiger partial charge < -0.3 is 25.6 Å². The first-order valence-corrected chi connectivity index (χ1v) is 18.7. The fraction of sp³-hybridized carbons (Fsp3) is 0.297. The monoisotopic (exact) mass is 1020 g/mol. The Morgan fingerprint density at radius 2 is 1.07 bits per heavy atom. The van der Waals surface area contributed by atoms with Gasteiger partial charge in [-0.05, 0) is 125 Å². The van der Waals surface area contributed by atoms with E-state index in [1.165, 1.54) is 7.11 Å². The predicted octanol–water partition coefficient (Wildman–Crippen LogP) is 8.01. The highest BCUT2D eigenvalue weighted by Gasteiger charge is 2.25. The number of hydroxylamine groups is 2. The van der Waals surface area contributed by atoms with E-state index >= 15 is 0 Å². The van der Waals surface area contributed by atoms with Gasteiger partial charge in [0.2, 0.25) is 0 Å². The van der Waals surface area contributed by atoms with Gasteiger partial charge in [-0.1, -0.05) is 13.3 Å². The van der Waals surface area contributed by atoms with Crippen molar-refractivity contribution in [2.75, 3.05) is 37.6 Å². The third-order valence-corrected chi connectivity index (χ3v) is 8.91. The number of aryl methyl sites for hydroxylation is 2. The standard InChI is InChI=1S/C19H20F3IN2O3.C18H18F3IN2O4/c1-3-4-12(26)9-28-25-19(27)13-8-14(20)16(21)17(22)18(13)24-15-6-5-11(23)7-10(15)2;1-9-5-10(22)3-4-14(9)23-17-12(6-13(19)15(20)16(17)21)18(26)24-28-8-11(25)7-27-2/h5-8,12,24,26H,3-4,9H2,1-2H3,(H,25,27);3-6,11,23,25H,7-8H2,1-2H3,(H,24,26). The highest BCUT2D eigenvalue weighted by atomic mass is 127. The summed E-state index contributed by atoms with van der Waals surface area (Å²) in [5.74, 6) is -11.5. The Balaban J connectivity index is 0.000000300. The molecule has 2 atom stereocenters. The molecule has 2 amide bonds. The number of rotatable bonds is 16. The maximum atomic E-state index is 14.4. The van der Waals surface area contributed by atoms with E-state index in [9.17, 15) is 46.1 Å². The molecule has 4 aromatic carbocycles. The molecule has 4 aromatic rings. The lowest BCUT2D eigenvalue weighted by atomic mass is 10.1. The number of methoxy groups -OCH3 is 1. The molecule has 0 fully saturated rings. The third kappa shape index (κ3) is 13.2. The van der Waals surface area contributed by atoms with Gasteiger partial charge in [0.15, 0.2) is 34.9 Å². The second kappa shape index (κ2) is 22.3. The van der Waals surface area contributed by atoms with Crippen molar-refractivity contribution < 1.29 is 60.6 Å². The summed E-state index contributed by atoms with van der Waals surface area (Å²) < 4.78 is 90.2. The molecule has 0 aliphatic carbocycles. The van der Waals surface area contributed by atoms with Crippen LogP contribution in [0.3, 0.4) is 0 Å². The number of anilines is 4. The van der Waals surface area contributed by atoms with Crippen molar-refractivity contribution in [2.24, 2.45) is 0 Å². The van der Waals surface area contributed by atoms with Gasteiger partial charge in [-0.2, -0.15) is 0 Å². The van der Waals surface area contributed by atoms with Crippen molar-refractivity contribution in [3.05, 3.63) is 113 Å². The SMILES string of the molecule is CCCC(O)CONC(=O)c1cc(F)c(F)c(F)c1Nc1ccc(I)cc1C.COCC(O)CONC(=O)c1cc(F)c(F)c(F)c1Nc1ccc(I)cc1C. The van der Waals surface area contributed by atoms with E-state index < -0.39 is 81.4 Å². The maximum absolute atomic E-state index is 14.4. The van der Waals surface area contributed by atoms with Gasteiger partial charge in [0, 0.05) is 25.6 Å². The third-order valence-electron chi connectivity index (χ3n) is 7.57. The zero-order valence-electron chi connectivity index (χ0n) is 30.3. The molecule has 56 heavy (non-hydrogen) atoms. The number of carbonyl (C=O) groups is 2. The number of aliphatic hydroxyl groups is 2. The van der Waals surface area contributed by atoms with Crippen molar-refractivity contribution in [1.82, 2.24) is 11.0 Å². The lowest BCUT2D eigenvalue weighted by Crippen LogP contribution is -2.31. The molecular formula is C37H38F6I2N4O7. The summed E-state index contributed by atoms with van der Waals surface area (Å²) in [6.07, 6.45) is -0.622. The van der Waals surface area contributed by atoms with E-state index in [0.29, 0.717) is 35.5 Å². The Bertz CT molecular complexity index is 1870. The van der Waals surface area contributed by atoms with E-state index in [-0.39, 0.29) is 19.8 Å². The lowest BCUT2D eigenvalue weighted by Gasteiger charge is -2.16. The topological polar surface area (TPSA) is 150 Å². The van der Waals surface area contributed by atoms with E-state index in [0.717, 1.165) is 19.1 Å². The van der Waals surface area contributed by atoms with Gasteiger partial charge in [-0.3, -0.25) is 19.3 Å². The number of hydrogen-bond donors (Lipinski definition) is 6. The van der Waals surface area contributed by atoms with Crippen LogP contribution in [0, 0.1) is 55.9 Å². The molecule has 19 heteroatoms. The van der Waals surface area contributed by atoms with Crippen LogP contribution in [0.2, 0.25) is 0 Å². The van der Waals surface area contributed by atoms with E-state index in [2.05, 4.69) is 55.8 Å². The zero-order valence-corrected chi connectivity index (χ0v) is 34.6. The first-order valence-electron chi connectivity index (χ1n) is 16.6. The average Bonchev–Trinajstić information content (AvgIpc) is 3.14. The Labute approximate surface area is 345 Å². The van der Waals surface area contributed by atoms with Crippen molar-refractivity contribution in [2.45, 2.75) is 45.8 Å². The molecule has 2 unspecified atom stereocenters. The molecular weight excluding hydrogens is 980 g/mol. The molecule has 0 aliphatic rings. The smallest absolute Gasteiger partial charge is 0.277 e. The largest absolute Gasteiger partial charge is 0.391 e. The molecule has 304 valence electrons. The number of ether oxygens (including phenoxy) is 1. The summed E-state index contributed by atoms with van der Waals surface area (Å²) in [6, 6.07) is 11.5. The number of halogens is 8. The van der Waals surface area contributed by atoms with E-state index in [1.807, 2.05) is 17.9 Å². The summed E-state index contributed by atoms with van der Waals surface area (Å²) in [4.78, 5) is 34.4. The molecule has 6 N–H and O–H groups in total. The van der Waals surface area contributed by atoms with Crippen LogP contribution < -0.4 is 21.6 Å². The molecule has 0 bridgehead atoms. The molecule has 0 saturated heterocycles. The average molecular weight is 1020 g/mol. The van der Waals surface area contributed by atoms with Gasteiger partial charge in [-0.25, -0.2) is 37.3 Å². The highest BCUT2D eigenvalue weighted by Crippen LogP contribution is 2.32. The van der Waals surface area contributed by atoms with Crippen LogP contribution in [0.5, 0.6) is 0 Å². The van der Waals surface area contributed by atoms with Crippen LogP contribution >= 0.6 is 45.2 Å². The Morgan fingerprint density at radius 1 is 0.661 bits per heavy atom. The Kier molecular flexibility index (Phi) is 18.5. The molecule has 0 heterocycles. The molecule has 0 aliphatic heterocycles. The fourth-order valence-electron chi connectivity index (χ4n) is 4.77. The first-order chi connectivity index (χ1) is 26.5. The molecule has 0 spiro atoms. The summed E-state index contributed by atoms with van der Waals surface area (Å²) in [5.41, 5.74) is 4.22. The lowest BCUT2D eigenvalue weighted by molar-refractivity contribution is -0.0365. The minimum Gasteiger partial charge on any atom is -0.391 e. The second-order valence-corrected chi connectivity index (χ2v) is 14.5.